The van der Waals surface area contributed by atoms with Gasteiger partial charge in [0, 0.05) is 6.54 Å². The minimum Gasteiger partial charge on any atom is -0.493 e. The van der Waals surface area contributed by atoms with Gasteiger partial charge in [-0.3, -0.25) is 4.79 Å². The molecule has 1 aromatic carbocycles. The maximum absolute atomic E-state index is 12.2. The van der Waals surface area contributed by atoms with Gasteiger partial charge in [0.25, 0.3) is 5.91 Å². The second kappa shape index (κ2) is 8.00. The van der Waals surface area contributed by atoms with Crippen molar-refractivity contribution in [3.05, 3.63) is 23.8 Å². The number of benzene rings is 1. The highest BCUT2D eigenvalue weighted by Gasteiger charge is 2.17. The number of ether oxygens (including phenoxy) is 2. The highest BCUT2D eigenvalue weighted by Crippen LogP contribution is 2.30. The Kier molecular flexibility index (Phi) is 6.65. The molecule has 1 atom stereocenters. The molecule has 0 spiro atoms. The zero-order valence-corrected chi connectivity index (χ0v) is 13.2. The average molecular weight is 300 g/mol. The van der Waals surface area contributed by atoms with Crippen molar-refractivity contribution in [2.45, 2.75) is 25.6 Å². The molecule has 0 bridgehead atoms. The Morgan fingerprint density at radius 2 is 2.00 bits per heavy atom. The molecule has 20 heavy (non-hydrogen) atoms. The molecule has 0 radical (unpaired) electrons. The van der Waals surface area contributed by atoms with Crippen LogP contribution in [0.15, 0.2) is 18.2 Å². The number of nitrogens with one attached hydrogen (secondary N) is 1. The SMILES string of the molecule is COc1cccc(C(=O)NCC(Cl)CC(C)C)c1OC. The van der Waals surface area contributed by atoms with Crippen LogP contribution in [0.2, 0.25) is 0 Å². The fourth-order valence-electron chi connectivity index (χ4n) is 1.96. The molecular formula is C15H22ClNO3. The summed E-state index contributed by atoms with van der Waals surface area (Å²) in [6.45, 7) is 4.63. The van der Waals surface area contributed by atoms with Crippen LogP contribution in [0.5, 0.6) is 11.5 Å². The standard InChI is InChI=1S/C15H22ClNO3/c1-10(2)8-11(16)9-17-15(18)12-6-5-7-13(19-3)14(12)20-4/h5-7,10-11H,8-9H2,1-4H3,(H,17,18). The van der Waals surface area contributed by atoms with E-state index in [-0.39, 0.29) is 11.3 Å². The Hall–Kier alpha value is -1.42. The molecule has 0 saturated carbocycles. The van der Waals surface area contributed by atoms with Crippen LogP contribution in [0, 0.1) is 5.92 Å². The number of rotatable bonds is 7. The van der Waals surface area contributed by atoms with E-state index in [9.17, 15) is 4.79 Å². The second-order valence-electron chi connectivity index (χ2n) is 4.98. The van der Waals surface area contributed by atoms with Gasteiger partial charge in [0.15, 0.2) is 11.5 Å². The van der Waals surface area contributed by atoms with Gasteiger partial charge in [0.05, 0.1) is 25.2 Å². The van der Waals surface area contributed by atoms with E-state index in [2.05, 4.69) is 19.2 Å². The Bertz CT molecular complexity index is 449. The van der Waals surface area contributed by atoms with Crippen LogP contribution >= 0.6 is 11.6 Å². The third-order valence-electron chi connectivity index (χ3n) is 2.86. The van der Waals surface area contributed by atoms with Crippen molar-refractivity contribution in [1.82, 2.24) is 5.32 Å². The predicted octanol–water partition coefficient (Wildman–Crippen LogP) is 3.09. The van der Waals surface area contributed by atoms with Crippen molar-refractivity contribution >= 4 is 17.5 Å². The molecule has 112 valence electrons. The molecule has 1 amide bonds. The topological polar surface area (TPSA) is 47.6 Å². The highest BCUT2D eigenvalue weighted by atomic mass is 35.5. The monoisotopic (exact) mass is 299 g/mol. The van der Waals surface area contributed by atoms with E-state index >= 15 is 0 Å². The molecule has 0 saturated heterocycles. The van der Waals surface area contributed by atoms with Gasteiger partial charge in [-0.1, -0.05) is 19.9 Å². The summed E-state index contributed by atoms with van der Waals surface area (Å²) in [7, 11) is 3.05. The van der Waals surface area contributed by atoms with Gasteiger partial charge in [-0.2, -0.15) is 0 Å². The minimum atomic E-state index is -0.213. The first-order valence-electron chi connectivity index (χ1n) is 6.62. The van der Waals surface area contributed by atoms with E-state index in [1.165, 1.54) is 14.2 Å². The van der Waals surface area contributed by atoms with Gasteiger partial charge in [0.2, 0.25) is 0 Å². The van der Waals surface area contributed by atoms with Crippen LogP contribution in [0.25, 0.3) is 0 Å². The van der Waals surface area contributed by atoms with Gasteiger partial charge in [-0.15, -0.1) is 11.6 Å². The van der Waals surface area contributed by atoms with Gasteiger partial charge >= 0.3 is 0 Å². The predicted molar refractivity (Wildman–Crippen MR) is 81.0 cm³/mol. The molecular weight excluding hydrogens is 278 g/mol. The van der Waals surface area contributed by atoms with Crippen molar-refractivity contribution in [3.8, 4) is 11.5 Å². The Balaban J connectivity index is 2.73. The summed E-state index contributed by atoms with van der Waals surface area (Å²) in [4.78, 5) is 12.2. The van der Waals surface area contributed by atoms with Crippen molar-refractivity contribution in [1.29, 1.82) is 0 Å². The average Bonchev–Trinajstić information content (AvgIpc) is 2.42. The minimum absolute atomic E-state index is 0.0736. The lowest BCUT2D eigenvalue weighted by Gasteiger charge is -2.15. The van der Waals surface area contributed by atoms with Gasteiger partial charge in [-0.05, 0) is 24.5 Å². The molecule has 0 aliphatic carbocycles. The molecule has 4 nitrogen and oxygen atoms in total. The van der Waals surface area contributed by atoms with E-state index in [1.807, 2.05) is 0 Å². The number of carbonyl (C=O) groups excluding carboxylic acids is 1. The number of para-hydroxylation sites is 1. The summed E-state index contributed by atoms with van der Waals surface area (Å²) in [6.07, 6.45) is 0.858. The van der Waals surface area contributed by atoms with E-state index in [1.54, 1.807) is 18.2 Å². The Morgan fingerprint density at radius 3 is 2.55 bits per heavy atom. The number of hydrogen-bond donors (Lipinski definition) is 1. The third-order valence-corrected chi connectivity index (χ3v) is 3.19. The normalized spacial score (nSPS) is 12.1. The molecule has 0 aliphatic rings. The maximum Gasteiger partial charge on any atom is 0.255 e. The van der Waals surface area contributed by atoms with E-state index in [4.69, 9.17) is 21.1 Å². The van der Waals surface area contributed by atoms with Crippen molar-refractivity contribution in [2.24, 2.45) is 5.92 Å². The summed E-state index contributed by atoms with van der Waals surface area (Å²) in [5, 5.41) is 2.75. The first-order valence-corrected chi connectivity index (χ1v) is 7.06. The summed E-state index contributed by atoms with van der Waals surface area (Å²) < 4.78 is 10.4. The van der Waals surface area contributed by atoms with E-state index in [0.29, 0.717) is 29.5 Å². The quantitative estimate of drug-likeness (QED) is 0.787. The molecule has 1 aromatic rings. The van der Waals surface area contributed by atoms with Crippen molar-refractivity contribution < 1.29 is 14.3 Å². The zero-order valence-electron chi connectivity index (χ0n) is 12.4. The first kappa shape index (κ1) is 16.6. The van der Waals surface area contributed by atoms with E-state index in [0.717, 1.165) is 6.42 Å². The fraction of sp³-hybridized carbons (Fsp3) is 0.533. The number of carbonyl (C=O) groups is 1. The van der Waals surface area contributed by atoms with E-state index < -0.39 is 0 Å². The lowest BCUT2D eigenvalue weighted by Crippen LogP contribution is -2.30. The van der Waals surface area contributed by atoms with Crippen molar-refractivity contribution in [2.75, 3.05) is 20.8 Å². The Morgan fingerprint density at radius 1 is 1.30 bits per heavy atom. The Labute approximate surface area is 125 Å². The highest BCUT2D eigenvalue weighted by molar-refractivity contribution is 6.21. The summed E-state index contributed by atoms with van der Waals surface area (Å²) in [5.74, 6) is 1.25. The lowest BCUT2D eigenvalue weighted by molar-refractivity contribution is 0.0949. The number of alkyl halides is 1. The van der Waals surface area contributed by atoms with Gasteiger partial charge < -0.3 is 14.8 Å². The van der Waals surface area contributed by atoms with Crippen LogP contribution in [0.3, 0.4) is 0 Å². The molecule has 0 heterocycles. The fourth-order valence-corrected chi connectivity index (χ4v) is 2.39. The zero-order chi connectivity index (χ0) is 15.1. The van der Waals surface area contributed by atoms with Crippen LogP contribution in [-0.2, 0) is 0 Å². The third kappa shape index (κ3) is 4.60. The maximum atomic E-state index is 12.2. The van der Waals surface area contributed by atoms with Gasteiger partial charge in [0.1, 0.15) is 0 Å². The lowest BCUT2D eigenvalue weighted by atomic mass is 10.1. The van der Waals surface area contributed by atoms with Crippen LogP contribution in [0.4, 0.5) is 0 Å². The van der Waals surface area contributed by atoms with Crippen LogP contribution < -0.4 is 14.8 Å². The van der Waals surface area contributed by atoms with Crippen LogP contribution in [0.1, 0.15) is 30.6 Å². The van der Waals surface area contributed by atoms with Crippen molar-refractivity contribution in [3.63, 3.8) is 0 Å². The summed E-state index contributed by atoms with van der Waals surface area (Å²) in [6, 6.07) is 5.20. The smallest absolute Gasteiger partial charge is 0.255 e. The molecule has 5 heteroatoms. The molecule has 1 unspecified atom stereocenters. The molecule has 0 aliphatic heterocycles. The molecule has 1 rings (SSSR count). The number of halogens is 1. The number of hydrogen-bond acceptors (Lipinski definition) is 3. The second-order valence-corrected chi connectivity index (χ2v) is 5.60. The van der Waals surface area contributed by atoms with Gasteiger partial charge in [-0.25, -0.2) is 0 Å². The molecule has 0 fully saturated rings. The number of methoxy groups -OCH3 is 2. The van der Waals surface area contributed by atoms with Crippen LogP contribution in [-0.4, -0.2) is 32.0 Å². The summed E-state index contributed by atoms with van der Waals surface area (Å²) in [5.41, 5.74) is 0.445. The number of amides is 1. The largest absolute Gasteiger partial charge is 0.493 e. The molecule has 0 aromatic heterocycles. The molecule has 1 N–H and O–H groups in total. The summed E-state index contributed by atoms with van der Waals surface area (Å²) >= 11 is 6.17. The first-order chi connectivity index (χ1) is 9.49.